The largest absolute Gasteiger partial charge is 0.378 e. The van der Waals surface area contributed by atoms with Crippen LogP contribution in [0.15, 0.2) is 47.6 Å². The third-order valence-corrected chi connectivity index (χ3v) is 4.05. The number of nitro groups is 1. The summed E-state index contributed by atoms with van der Waals surface area (Å²) in [5.41, 5.74) is 3.79. The second kappa shape index (κ2) is 8.37. The Bertz CT molecular complexity index is 864. The van der Waals surface area contributed by atoms with E-state index in [-0.39, 0.29) is 11.3 Å². The van der Waals surface area contributed by atoms with Crippen LogP contribution in [0.4, 0.5) is 15.8 Å². The predicted molar refractivity (Wildman–Crippen MR) is 97.6 cm³/mol. The zero-order valence-electron chi connectivity index (χ0n) is 14.3. The highest BCUT2D eigenvalue weighted by Crippen LogP contribution is 2.25. The Morgan fingerprint density at radius 2 is 1.93 bits per heavy atom. The van der Waals surface area contributed by atoms with Crippen LogP contribution in [0, 0.1) is 15.9 Å². The molecule has 27 heavy (non-hydrogen) atoms. The number of benzene rings is 2. The van der Waals surface area contributed by atoms with E-state index in [1.165, 1.54) is 42.6 Å². The van der Waals surface area contributed by atoms with Gasteiger partial charge >= 0.3 is 0 Å². The lowest BCUT2D eigenvalue weighted by molar-refractivity contribution is -0.384. The minimum absolute atomic E-state index is 0.0710. The monoisotopic (exact) mass is 372 g/mol. The Labute approximate surface area is 154 Å². The van der Waals surface area contributed by atoms with Crippen LogP contribution in [0.25, 0.3) is 0 Å². The van der Waals surface area contributed by atoms with Gasteiger partial charge in [-0.15, -0.1) is 0 Å². The summed E-state index contributed by atoms with van der Waals surface area (Å²) >= 11 is 0. The number of carbonyl (C=O) groups excluding carboxylic acids is 1. The van der Waals surface area contributed by atoms with Crippen molar-refractivity contribution in [2.75, 3.05) is 31.2 Å². The molecule has 0 bridgehead atoms. The number of non-ortho nitro benzene ring substituents is 1. The highest BCUT2D eigenvalue weighted by Gasteiger charge is 2.17. The first-order valence-electron chi connectivity index (χ1n) is 8.25. The molecule has 8 nitrogen and oxygen atoms in total. The third-order valence-electron chi connectivity index (χ3n) is 4.05. The fourth-order valence-corrected chi connectivity index (χ4v) is 2.68. The maximum Gasteiger partial charge on any atom is 0.271 e. The molecular weight excluding hydrogens is 355 g/mol. The number of ether oxygens (including phenoxy) is 1. The number of anilines is 1. The zero-order chi connectivity index (χ0) is 19.2. The minimum atomic E-state index is -0.510. The number of carbonyl (C=O) groups is 1. The fraction of sp³-hybridized carbons (Fsp3) is 0.222. The van der Waals surface area contributed by atoms with E-state index in [2.05, 4.69) is 10.5 Å². The summed E-state index contributed by atoms with van der Waals surface area (Å²) < 4.78 is 18.2. The molecule has 140 valence electrons. The molecule has 0 spiro atoms. The van der Waals surface area contributed by atoms with Crippen LogP contribution < -0.4 is 10.3 Å². The van der Waals surface area contributed by atoms with E-state index in [0.717, 1.165) is 5.69 Å². The third kappa shape index (κ3) is 4.64. The molecule has 3 rings (SSSR count). The second-order valence-corrected chi connectivity index (χ2v) is 5.81. The van der Waals surface area contributed by atoms with Crippen molar-refractivity contribution in [3.05, 3.63) is 69.5 Å². The molecule has 0 unspecified atom stereocenters. The van der Waals surface area contributed by atoms with Crippen LogP contribution >= 0.6 is 0 Å². The summed E-state index contributed by atoms with van der Waals surface area (Å²) in [6.07, 6.45) is 1.36. The van der Waals surface area contributed by atoms with Crippen LogP contribution in [-0.4, -0.2) is 43.3 Å². The van der Waals surface area contributed by atoms with Gasteiger partial charge in [0.2, 0.25) is 0 Å². The summed E-state index contributed by atoms with van der Waals surface area (Å²) in [6.45, 7) is 2.44. The highest BCUT2D eigenvalue weighted by atomic mass is 19.1. The van der Waals surface area contributed by atoms with Crippen molar-refractivity contribution in [1.82, 2.24) is 5.43 Å². The number of hydrazone groups is 1. The summed E-state index contributed by atoms with van der Waals surface area (Å²) in [7, 11) is 0. The Kier molecular flexibility index (Phi) is 5.72. The number of nitrogens with zero attached hydrogens (tertiary/aromatic N) is 3. The molecule has 0 radical (unpaired) electrons. The Morgan fingerprint density at radius 1 is 1.22 bits per heavy atom. The molecule has 1 N–H and O–H groups in total. The van der Waals surface area contributed by atoms with Gasteiger partial charge in [-0.3, -0.25) is 14.9 Å². The second-order valence-electron chi connectivity index (χ2n) is 5.81. The maximum atomic E-state index is 12.9. The zero-order valence-corrected chi connectivity index (χ0v) is 14.3. The van der Waals surface area contributed by atoms with Crippen molar-refractivity contribution < 1.29 is 18.8 Å². The maximum absolute atomic E-state index is 12.9. The molecule has 1 saturated heterocycles. The standard InChI is InChI=1S/C18H17FN4O4/c19-15-3-1-13(2-4-15)18(24)21-20-12-14-11-16(23(25)26)5-6-17(14)22-7-9-27-10-8-22/h1-6,11-12H,7-10H2,(H,21,24)/b20-12-. The quantitative estimate of drug-likeness (QED) is 0.494. The molecule has 0 atom stereocenters. The molecule has 0 aliphatic carbocycles. The molecule has 0 aromatic heterocycles. The summed E-state index contributed by atoms with van der Waals surface area (Å²) in [5.74, 6) is -0.952. The SMILES string of the molecule is O=C(N/N=C\c1cc([N+](=O)[O-])ccc1N1CCOCC1)c1ccc(F)cc1. The van der Waals surface area contributed by atoms with Crippen molar-refractivity contribution in [3.8, 4) is 0 Å². The first kappa shape index (κ1) is 18.5. The van der Waals surface area contributed by atoms with E-state index < -0.39 is 16.6 Å². The Morgan fingerprint density at radius 3 is 2.59 bits per heavy atom. The minimum Gasteiger partial charge on any atom is -0.378 e. The van der Waals surface area contributed by atoms with Gasteiger partial charge < -0.3 is 9.64 Å². The van der Waals surface area contributed by atoms with Crippen molar-refractivity contribution >= 4 is 23.5 Å². The van der Waals surface area contributed by atoms with Crippen molar-refractivity contribution in [2.24, 2.45) is 5.10 Å². The number of nitro benzene ring substituents is 1. The lowest BCUT2D eigenvalue weighted by atomic mass is 10.1. The molecule has 9 heteroatoms. The van der Waals surface area contributed by atoms with Gasteiger partial charge in [0.05, 0.1) is 24.4 Å². The van der Waals surface area contributed by atoms with Crippen LogP contribution in [-0.2, 0) is 4.74 Å². The number of morpholine rings is 1. The molecule has 2 aromatic carbocycles. The Hall–Kier alpha value is -3.33. The molecule has 1 aliphatic rings. The van der Waals surface area contributed by atoms with Gasteiger partial charge in [0.25, 0.3) is 11.6 Å². The molecule has 1 heterocycles. The van der Waals surface area contributed by atoms with E-state index in [1.807, 2.05) is 4.90 Å². The van der Waals surface area contributed by atoms with E-state index in [4.69, 9.17) is 4.74 Å². The first-order chi connectivity index (χ1) is 13.0. The van der Waals surface area contributed by atoms with Crippen LogP contribution in [0.3, 0.4) is 0 Å². The number of rotatable bonds is 5. The molecule has 2 aromatic rings. The Balaban J connectivity index is 1.79. The van der Waals surface area contributed by atoms with Gasteiger partial charge in [-0.1, -0.05) is 0 Å². The smallest absolute Gasteiger partial charge is 0.271 e. The van der Waals surface area contributed by atoms with Crippen LogP contribution in [0.5, 0.6) is 0 Å². The molecule has 1 aliphatic heterocycles. The average Bonchev–Trinajstić information content (AvgIpc) is 2.69. The van der Waals surface area contributed by atoms with Gasteiger partial charge in [-0.2, -0.15) is 5.10 Å². The van der Waals surface area contributed by atoms with Gasteiger partial charge in [0.15, 0.2) is 0 Å². The molecule has 0 saturated carbocycles. The predicted octanol–water partition coefficient (Wildman–Crippen LogP) is 2.33. The molecular formula is C18H17FN4O4. The van der Waals surface area contributed by atoms with Gasteiger partial charge in [-0.25, -0.2) is 9.82 Å². The molecule has 1 fully saturated rings. The van der Waals surface area contributed by atoms with E-state index in [1.54, 1.807) is 6.07 Å². The van der Waals surface area contributed by atoms with Gasteiger partial charge in [-0.05, 0) is 30.3 Å². The van der Waals surface area contributed by atoms with Crippen molar-refractivity contribution in [1.29, 1.82) is 0 Å². The number of halogens is 1. The van der Waals surface area contributed by atoms with Crippen molar-refractivity contribution in [2.45, 2.75) is 0 Å². The number of nitrogens with one attached hydrogen (secondary N) is 1. The molecule has 1 amide bonds. The lowest BCUT2D eigenvalue weighted by Gasteiger charge is -2.29. The van der Waals surface area contributed by atoms with E-state index in [9.17, 15) is 19.3 Å². The summed E-state index contributed by atoms with van der Waals surface area (Å²) in [6, 6.07) is 9.52. The highest BCUT2D eigenvalue weighted by molar-refractivity contribution is 5.95. The van der Waals surface area contributed by atoms with Crippen LogP contribution in [0.1, 0.15) is 15.9 Å². The van der Waals surface area contributed by atoms with E-state index in [0.29, 0.717) is 31.9 Å². The first-order valence-corrected chi connectivity index (χ1v) is 8.25. The summed E-state index contributed by atoms with van der Waals surface area (Å²) in [4.78, 5) is 24.6. The number of hydrogen-bond donors (Lipinski definition) is 1. The van der Waals surface area contributed by atoms with Gasteiger partial charge in [0.1, 0.15) is 5.82 Å². The van der Waals surface area contributed by atoms with Gasteiger partial charge in [0, 0.05) is 42.0 Å². The van der Waals surface area contributed by atoms with Crippen molar-refractivity contribution in [3.63, 3.8) is 0 Å². The number of amides is 1. The fourth-order valence-electron chi connectivity index (χ4n) is 2.68. The number of hydrogen-bond acceptors (Lipinski definition) is 6. The van der Waals surface area contributed by atoms with E-state index >= 15 is 0 Å². The normalized spacial score (nSPS) is 14.3. The lowest BCUT2D eigenvalue weighted by Crippen LogP contribution is -2.36. The van der Waals surface area contributed by atoms with Crippen LogP contribution in [0.2, 0.25) is 0 Å². The summed E-state index contributed by atoms with van der Waals surface area (Å²) in [5, 5.41) is 15.0. The average molecular weight is 372 g/mol. The topological polar surface area (TPSA) is 97.1 Å².